The molecule has 1 aliphatic rings. The fraction of sp³-hybridized carbons (Fsp3) is 0.632. The van der Waals surface area contributed by atoms with Crippen molar-refractivity contribution in [3.63, 3.8) is 0 Å². The van der Waals surface area contributed by atoms with Gasteiger partial charge in [-0.05, 0) is 44.7 Å². The molecule has 1 aliphatic heterocycles. The van der Waals surface area contributed by atoms with E-state index in [-0.39, 0.29) is 6.29 Å². The fourth-order valence-corrected chi connectivity index (χ4v) is 2.29. The van der Waals surface area contributed by atoms with Gasteiger partial charge >= 0.3 is 0 Å². The summed E-state index contributed by atoms with van der Waals surface area (Å²) in [7, 11) is 0. The maximum Gasteiger partial charge on any atom is 0.157 e. The van der Waals surface area contributed by atoms with E-state index >= 15 is 0 Å². The van der Waals surface area contributed by atoms with Crippen molar-refractivity contribution < 1.29 is 18.9 Å². The lowest BCUT2D eigenvalue weighted by Gasteiger charge is -2.22. The Hall–Kier alpha value is -1.27. The van der Waals surface area contributed by atoms with E-state index in [9.17, 15) is 0 Å². The number of rotatable bonds is 10. The van der Waals surface area contributed by atoms with Gasteiger partial charge in [0.2, 0.25) is 0 Å². The van der Waals surface area contributed by atoms with Crippen LogP contribution in [0.4, 0.5) is 0 Å². The molecule has 0 radical (unpaired) electrons. The summed E-state index contributed by atoms with van der Waals surface area (Å²) in [6, 6.07) is 4.01. The van der Waals surface area contributed by atoms with Crippen LogP contribution >= 0.6 is 0 Å². The first-order valence-electron chi connectivity index (χ1n) is 8.70. The van der Waals surface area contributed by atoms with Gasteiger partial charge in [0.15, 0.2) is 6.29 Å². The van der Waals surface area contributed by atoms with Crippen molar-refractivity contribution in [1.82, 2.24) is 4.98 Å². The zero-order valence-corrected chi connectivity index (χ0v) is 14.8. The van der Waals surface area contributed by atoms with Gasteiger partial charge in [-0.2, -0.15) is 0 Å². The summed E-state index contributed by atoms with van der Waals surface area (Å²) in [5.41, 5.74) is 3.25. The molecule has 1 unspecified atom stereocenters. The molecule has 5 heteroatoms. The Bertz CT molecular complexity index is 477. The highest BCUT2D eigenvalue weighted by Crippen LogP contribution is 2.13. The average Bonchev–Trinajstić information content (AvgIpc) is 2.60. The zero-order valence-electron chi connectivity index (χ0n) is 14.8. The molecule has 1 aromatic heterocycles. The van der Waals surface area contributed by atoms with Crippen LogP contribution in [0.25, 0.3) is 0 Å². The van der Waals surface area contributed by atoms with Crippen LogP contribution in [0.3, 0.4) is 0 Å². The molecule has 1 aromatic rings. The van der Waals surface area contributed by atoms with Crippen LogP contribution in [0.1, 0.15) is 44.4 Å². The van der Waals surface area contributed by atoms with E-state index in [4.69, 9.17) is 18.9 Å². The Kier molecular flexibility index (Phi) is 8.98. The Balaban J connectivity index is 1.55. The number of aromatic nitrogens is 1. The molecule has 0 N–H and O–H groups in total. The summed E-state index contributed by atoms with van der Waals surface area (Å²) < 4.78 is 22.3. The van der Waals surface area contributed by atoms with Crippen LogP contribution in [0, 0.1) is 0 Å². The normalized spacial score (nSPS) is 17.7. The predicted molar refractivity (Wildman–Crippen MR) is 92.5 cm³/mol. The summed E-state index contributed by atoms with van der Waals surface area (Å²) in [5.74, 6) is 0. The highest BCUT2D eigenvalue weighted by atomic mass is 16.7. The summed E-state index contributed by atoms with van der Waals surface area (Å²) in [5, 5.41) is 0. The van der Waals surface area contributed by atoms with Gasteiger partial charge in [0.05, 0.1) is 38.7 Å². The van der Waals surface area contributed by atoms with E-state index in [0.29, 0.717) is 33.0 Å². The zero-order chi connectivity index (χ0) is 17.0. The van der Waals surface area contributed by atoms with Crippen molar-refractivity contribution in [2.24, 2.45) is 0 Å². The van der Waals surface area contributed by atoms with E-state index in [1.165, 1.54) is 12.0 Å². The minimum Gasteiger partial charge on any atom is -0.373 e. The molecule has 5 nitrogen and oxygen atoms in total. The lowest BCUT2D eigenvalue weighted by atomic mass is 10.2. The third-order valence-electron chi connectivity index (χ3n) is 3.68. The van der Waals surface area contributed by atoms with Gasteiger partial charge in [0.1, 0.15) is 0 Å². The second-order valence-corrected chi connectivity index (χ2v) is 6.17. The van der Waals surface area contributed by atoms with Crippen LogP contribution in [0.5, 0.6) is 0 Å². The van der Waals surface area contributed by atoms with E-state index in [2.05, 4.69) is 24.9 Å². The third kappa shape index (κ3) is 8.02. The second kappa shape index (κ2) is 11.3. The monoisotopic (exact) mass is 335 g/mol. The van der Waals surface area contributed by atoms with Gasteiger partial charge < -0.3 is 18.9 Å². The number of allylic oxidation sites excluding steroid dienone is 1. The second-order valence-electron chi connectivity index (χ2n) is 6.17. The SMILES string of the molecule is CC(C)=CCOCc1ccc(COCCOC2CCCCO2)nc1. The first-order chi connectivity index (χ1) is 11.7. The largest absolute Gasteiger partial charge is 0.373 e. The summed E-state index contributed by atoms with van der Waals surface area (Å²) in [4.78, 5) is 4.39. The number of hydrogen-bond acceptors (Lipinski definition) is 5. The number of hydrogen-bond donors (Lipinski definition) is 0. The van der Waals surface area contributed by atoms with Crippen molar-refractivity contribution >= 4 is 0 Å². The first-order valence-corrected chi connectivity index (χ1v) is 8.70. The molecule has 2 rings (SSSR count). The van der Waals surface area contributed by atoms with Gasteiger partial charge in [-0.3, -0.25) is 4.98 Å². The standard InChI is InChI=1S/C19H29NO4/c1-16(2)8-10-21-14-17-6-7-18(20-13-17)15-22-11-12-24-19-5-3-4-9-23-19/h6-8,13,19H,3-5,9-12,14-15H2,1-2H3. The quantitative estimate of drug-likeness (QED) is 0.483. The number of pyridine rings is 1. The molecule has 0 aliphatic carbocycles. The Morgan fingerprint density at radius 2 is 2.12 bits per heavy atom. The van der Waals surface area contributed by atoms with Crippen molar-refractivity contribution in [3.8, 4) is 0 Å². The molecule has 0 saturated carbocycles. The summed E-state index contributed by atoms with van der Waals surface area (Å²) >= 11 is 0. The van der Waals surface area contributed by atoms with Gasteiger partial charge in [0, 0.05) is 12.8 Å². The predicted octanol–water partition coefficient (Wildman–Crippen LogP) is 3.62. The van der Waals surface area contributed by atoms with Gasteiger partial charge in [-0.1, -0.05) is 17.7 Å². The first kappa shape index (κ1) is 19.1. The molecule has 1 fully saturated rings. The molecule has 0 aromatic carbocycles. The molecular weight excluding hydrogens is 306 g/mol. The maximum atomic E-state index is 5.62. The summed E-state index contributed by atoms with van der Waals surface area (Å²) in [6.45, 7) is 7.74. The van der Waals surface area contributed by atoms with Crippen LogP contribution in [-0.4, -0.2) is 37.7 Å². The van der Waals surface area contributed by atoms with E-state index in [1.807, 2.05) is 18.3 Å². The van der Waals surface area contributed by atoms with Crippen molar-refractivity contribution in [2.75, 3.05) is 26.4 Å². The Labute approximate surface area is 145 Å². The molecular formula is C19H29NO4. The van der Waals surface area contributed by atoms with Crippen LogP contribution in [0.15, 0.2) is 30.0 Å². The fourth-order valence-electron chi connectivity index (χ4n) is 2.29. The van der Waals surface area contributed by atoms with E-state index in [1.54, 1.807) is 0 Å². The van der Waals surface area contributed by atoms with Crippen LogP contribution in [-0.2, 0) is 32.2 Å². The number of nitrogens with zero attached hydrogens (tertiary/aromatic N) is 1. The van der Waals surface area contributed by atoms with Crippen molar-refractivity contribution in [2.45, 2.75) is 52.6 Å². The van der Waals surface area contributed by atoms with Gasteiger partial charge in [-0.25, -0.2) is 0 Å². The molecule has 0 amide bonds. The van der Waals surface area contributed by atoms with Gasteiger partial charge in [0.25, 0.3) is 0 Å². The van der Waals surface area contributed by atoms with Crippen LogP contribution in [0.2, 0.25) is 0 Å². The number of ether oxygens (including phenoxy) is 4. The molecule has 0 bridgehead atoms. The molecule has 2 heterocycles. The van der Waals surface area contributed by atoms with Gasteiger partial charge in [-0.15, -0.1) is 0 Å². The smallest absolute Gasteiger partial charge is 0.157 e. The molecule has 24 heavy (non-hydrogen) atoms. The van der Waals surface area contributed by atoms with E-state index < -0.39 is 0 Å². The third-order valence-corrected chi connectivity index (χ3v) is 3.68. The lowest BCUT2D eigenvalue weighted by Crippen LogP contribution is -2.23. The lowest BCUT2D eigenvalue weighted by molar-refractivity contribution is -0.169. The molecule has 1 atom stereocenters. The Morgan fingerprint density at radius 1 is 1.21 bits per heavy atom. The minimum absolute atomic E-state index is 0.0499. The topological polar surface area (TPSA) is 49.8 Å². The van der Waals surface area contributed by atoms with Crippen molar-refractivity contribution in [1.29, 1.82) is 0 Å². The van der Waals surface area contributed by atoms with Crippen LogP contribution < -0.4 is 0 Å². The Morgan fingerprint density at radius 3 is 2.83 bits per heavy atom. The highest BCUT2D eigenvalue weighted by Gasteiger charge is 2.13. The van der Waals surface area contributed by atoms with E-state index in [0.717, 1.165) is 30.7 Å². The minimum atomic E-state index is -0.0499. The molecule has 134 valence electrons. The maximum absolute atomic E-state index is 5.62. The molecule has 0 spiro atoms. The highest BCUT2D eigenvalue weighted by molar-refractivity contribution is 5.12. The molecule has 1 saturated heterocycles. The van der Waals surface area contributed by atoms with Crippen molar-refractivity contribution in [3.05, 3.63) is 41.2 Å². The summed E-state index contributed by atoms with van der Waals surface area (Å²) in [6.07, 6.45) is 7.16. The average molecular weight is 335 g/mol.